The van der Waals surface area contributed by atoms with Gasteiger partial charge in [-0.3, -0.25) is 0 Å². The molecule has 0 radical (unpaired) electrons. The molecule has 0 bridgehead atoms. The van der Waals surface area contributed by atoms with Crippen LogP contribution in [0.25, 0.3) is 0 Å². The highest BCUT2D eigenvalue weighted by molar-refractivity contribution is 5.84. The van der Waals surface area contributed by atoms with Gasteiger partial charge in [0, 0.05) is 24.9 Å². The van der Waals surface area contributed by atoms with Gasteiger partial charge >= 0.3 is 0 Å². The van der Waals surface area contributed by atoms with Crippen LogP contribution in [0.1, 0.15) is 12.5 Å². The Labute approximate surface area is 88.1 Å². The summed E-state index contributed by atoms with van der Waals surface area (Å²) in [6.45, 7) is 1.42. The van der Waals surface area contributed by atoms with Crippen molar-refractivity contribution >= 4 is 5.84 Å². The summed E-state index contributed by atoms with van der Waals surface area (Å²) in [5.74, 6) is 0.523. The van der Waals surface area contributed by atoms with Gasteiger partial charge in [0.2, 0.25) is 0 Å². The Balaban J connectivity index is 2.23. The molecule has 2 unspecified atom stereocenters. The minimum atomic E-state index is -0.104. The number of ether oxygens (including phenoxy) is 1. The minimum Gasteiger partial charge on any atom is -0.409 e. The van der Waals surface area contributed by atoms with Crippen LogP contribution in [0.4, 0.5) is 0 Å². The molecule has 0 saturated carbocycles. The summed E-state index contributed by atoms with van der Waals surface area (Å²) in [4.78, 5) is 0. The van der Waals surface area contributed by atoms with Gasteiger partial charge in [0.15, 0.2) is 5.84 Å². The van der Waals surface area contributed by atoms with E-state index in [1.807, 2.05) is 29.1 Å². The van der Waals surface area contributed by atoms with E-state index in [2.05, 4.69) is 5.16 Å². The summed E-state index contributed by atoms with van der Waals surface area (Å²) >= 11 is 0. The summed E-state index contributed by atoms with van der Waals surface area (Å²) in [7, 11) is 0. The zero-order chi connectivity index (χ0) is 10.7. The zero-order valence-electron chi connectivity index (χ0n) is 8.41. The minimum absolute atomic E-state index is 0.104. The molecule has 82 valence electrons. The van der Waals surface area contributed by atoms with E-state index in [1.54, 1.807) is 0 Å². The molecule has 1 aliphatic rings. The lowest BCUT2D eigenvalue weighted by Crippen LogP contribution is -2.32. The van der Waals surface area contributed by atoms with E-state index in [1.165, 1.54) is 0 Å². The highest BCUT2D eigenvalue weighted by Gasteiger charge is 2.29. The maximum atomic E-state index is 8.77. The average Bonchev–Trinajstić information content (AvgIpc) is 2.90. The quantitative estimate of drug-likeness (QED) is 0.335. The van der Waals surface area contributed by atoms with Crippen molar-refractivity contribution in [3.05, 3.63) is 24.5 Å². The molecule has 5 heteroatoms. The number of nitrogens with two attached hydrogens (primary N) is 1. The second-order valence-electron chi connectivity index (χ2n) is 3.72. The number of nitrogens with zero attached hydrogens (tertiary/aromatic N) is 2. The molecule has 1 aliphatic heterocycles. The van der Waals surface area contributed by atoms with Crippen molar-refractivity contribution in [2.75, 3.05) is 13.2 Å². The van der Waals surface area contributed by atoms with Crippen LogP contribution in [0.5, 0.6) is 0 Å². The van der Waals surface area contributed by atoms with Gasteiger partial charge in [0.25, 0.3) is 0 Å². The van der Waals surface area contributed by atoms with Crippen molar-refractivity contribution in [1.29, 1.82) is 0 Å². The molecule has 1 aromatic heterocycles. The summed E-state index contributed by atoms with van der Waals surface area (Å²) in [5.41, 5.74) is 5.71. The van der Waals surface area contributed by atoms with Crippen LogP contribution >= 0.6 is 0 Å². The molecule has 0 spiro atoms. The first-order valence-corrected chi connectivity index (χ1v) is 5.00. The first kappa shape index (κ1) is 10.0. The summed E-state index contributed by atoms with van der Waals surface area (Å²) in [6, 6.07) is 3.74. The van der Waals surface area contributed by atoms with E-state index in [0.717, 1.165) is 13.0 Å². The van der Waals surface area contributed by atoms with Crippen LogP contribution in [-0.2, 0) is 4.74 Å². The molecule has 0 aliphatic carbocycles. The molecule has 0 amide bonds. The Morgan fingerprint density at radius 2 is 2.27 bits per heavy atom. The van der Waals surface area contributed by atoms with Gasteiger partial charge in [-0.25, -0.2) is 0 Å². The number of amidine groups is 1. The average molecular weight is 209 g/mol. The van der Waals surface area contributed by atoms with Gasteiger partial charge in [-0.2, -0.15) is 0 Å². The first-order valence-electron chi connectivity index (χ1n) is 5.00. The molecule has 2 atom stereocenters. The van der Waals surface area contributed by atoms with Crippen LogP contribution in [0.15, 0.2) is 29.7 Å². The number of oxime groups is 1. The monoisotopic (exact) mass is 209 g/mol. The maximum absolute atomic E-state index is 8.77. The van der Waals surface area contributed by atoms with Gasteiger partial charge < -0.3 is 20.2 Å². The third-order valence-electron chi connectivity index (χ3n) is 2.78. The van der Waals surface area contributed by atoms with E-state index in [0.29, 0.717) is 6.61 Å². The molecule has 2 rings (SSSR count). The predicted molar refractivity (Wildman–Crippen MR) is 55.8 cm³/mol. The largest absolute Gasteiger partial charge is 0.409 e. The van der Waals surface area contributed by atoms with Crippen LogP contribution in [-0.4, -0.2) is 28.8 Å². The van der Waals surface area contributed by atoms with E-state index in [9.17, 15) is 0 Å². The van der Waals surface area contributed by atoms with Gasteiger partial charge in [0.1, 0.15) is 0 Å². The van der Waals surface area contributed by atoms with E-state index in [4.69, 9.17) is 15.7 Å². The van der Waals surface area contributed by atoms with Crippen LogP contribution < -0.4 is 5.73 Å². The standard InChI is InChI=1S/C10H15N3O2/c11-10(12-14)9(8-3-6-15-7-8)13-4-1-2-5-13/h1-2,4-5,8-9,14H,3,6-7H2,(H2,11,12). The van der Waals surface area contributed by atoms with Crippen molar-refractivity contribution in [1.82, 2.24) is 4.57 Å². The SMILES string of the molecule is N/C(=N\O)C(C1CCOC1)n1cccc1. The highest BCUT2D eigenvalue weighted by Crippen LogP contribution is 2.26. The van der Waals surface area contributed by atoms with Crippen LogP contribution in [0.2, 0.25) is 0 Å². The summed E-state index contributed by atoms with van der Waals surface area (Å²) in [5, 5.41) is 11.9. The van der Waals surface area contributed by atoms with Crippen molar-refractivity contribution in [3.8, 4) is 0 Å². The highest BCUT2D eigenvalue weighted by atomic mass is 16.5. The predicted octanol–water partition coefficient (Wildman–Crippen LogP) is 0.812. The molecule has 15 heavy (non-hydrogen) atoms. The number of hydrogen-bond donors (Lipinski definition) is 2. The lowest BCUT2D eigenvalue weighted by atomic mass is 9.98. The van der Waals surface area contributed by atoms with Crippen molar-refractivity contribution in [3.63, 3.8) is 0 Å². The van der Waals surface area contributed by atoms with Crippen molar-refractivity contribution in [2.45, 2.75) is 12.5 Å². The Bertz CT molecular complexity index is 328. The lowest BCUT2D eigenvalue weighted by Gasteiger charge is -2.22. The molecule has 2 heterocycles. The van der Waals surface area contributed by atoms with Gasteiger partial charge in [0.05, 0.1) is 12.6 Å². The molecule has 1 fully saturated rings. The second kappa shape index (κ2) is 4.35. The molecule has 1 aromatic rings. The number of rotatable bonds is 3. The Morgan fingerprint density at radius 3 is 2.80 bits per heavy atom. The third-order valence-corrected chi connectivity index (χ3v) is 2.78. The van der Waals surface area contributed by atoms with Gasteiger partial charge in [-0.1, -0.05) is 5.16 Å². The van der Waals surface area contributed by atoms with Crippen LogP contribution in [0, 0.1) is 5.92 Å². The van der Waals surface area contributed by atoms with E-state index < -0.39 is 0 Å². The molecular formula is C10H15N3O2. The molecule has 3 N–H and O–H groups in total. The third kappa shape index (κ3) is 1.97. The molecule has 0 aromatic carbocycles. The normalized spacial score (nSPS) is 24.3. The Kier molecular flexibility index (Phi) is 2.91. The van der Waals surface area contributed by atoms with Gasteiger partial charge in [-0.05, 0) is 18.6 Å². The summed E-state index contributed by atoms with van der Waals surface area (Å²) in [6.07, 6.45) is 4.78. The lowest BCUT2D eigenvalue weighted by molar-refractivity contribution is 0.179. The topological polar surface area (TPSA) is 72.8 Å². The Hall–Kier alpha value is -1.49. The van der Waals surface area contributed by atoms with E-state index in [-0.39, 0.29) is 17.8 Å². The second-order valence-corrected chi connectivity index (χ2v) is 3.72. The smallest absolute Gasteiger partial charge is 0.162 e. The fraction of sp³-hybridized carbons (Fsp3) is 0.500. The van der Waals surface area contributed by atoms with Crippen molar-refractivity contribution < 1.29 is 9.94 Å². The maximum Gasteiger partial charge on any atom is 0.162 e. The number of aromatic nitrogens is 1. The van der Waals surface area contributed by atoms with Gasteiger partial charge in [-0.15, -0.1) is 0 Å². The molecule has 5 nitrogen and oxygen atoms in total. The van der Waals surface area contributed by atoms with Crippen molar-refractivity contribution in [2.24, 2.45) is 16.8 Å². The fourth-order valence-corrected chi connectivity index (χ4v) is 2.03. The fourth-order valence-electron chi connectivity index (χ4n) is 2.03. The Morgan fingerprint density at radius 1 is 1.53 bits per heavy atom. The van der Waals surface area contributed by atoms with E-state index >= 15 is 0 Å². The summed E-state index contributed by atoms with van der Waals surface area (Å²) < 4.78 is 7.28. The molecular weight excluding hydrogens is 194 g/mol. The first-order chi connectivity index (χ1) is 7.33. The molecule has 1 saturated heterocycles. The van der Waals surface area contributed by atoms with Crippen LogP contribution in [0.3, 0.4) is 0 Å². The number of hydrogen-bond acceptors (Lipinski definition) is 3. The zero-order valence-corrected chi connectivity index (χ0v) is 8.41.